The van der Waals surface area contributed by atoms with Crippen molar-refractivity contribution in [1.29, 1.82) is 0 Å². The number of nitrogens with zero attached hydrogens (tertiary/aromatic N) is 3. The van der Waals surface area contributed by atoms with Gasteiger partial charge in [0.25, 0.3) is 0 Å². The van der Waals surface area contributed by atoms with Crippen LogP contribution in [0.15, 0.2) is 54.0 Å². The number of benzene rings is 2. The quantitative estimate of drug-likeness (QED) is 0.515. The first kappa shape index (κ1) is 18.1. The minimum atomic E-state index is 0.114. The first-order valence-corrected chi connectivity index (χ1v) is 9.67. The van der Waals surface area contributed by atoms with Gasteiger partial charge in [0.1, 0.15) is 11.5 Å². The maximum Gasteiger partial charge on any atom is 0.159 e. The van der Waals surface area contributed by atoms with Crippen LogP contribution in [0.5, 0.6) is 11.5 Å². The van der Waals surface area contributed by atoms with Crippen LogP contribution in [0, 0.1) is 13.8 Å². The molecule has 4 aromatic rings. The van der Waals surface area contributed by atoms with E-state index in [2.05, 4.69) is 9.97 Å². The normalized spacial score (nSPS) is 10.8. The van der Waals surface area contributed by atoms with Gasteiger partial charge in [0.05, 0.1) is 23.5 Å². The minimum Gasteiger partial charge on any atom is -0.507 e. The number of hydrogen-bond acceptors (Lipinski definition) is 6. The molecule has 0 atom stereocenters. The van der Waals surface area contributed by atoms with Gasteiger partial charge in [-0.25, -0.2) is 15.0 Å². The molecule has 0 amide bonds. The van der Waals surface area contributed by atoms with Crippen LogP contribution in [-0.4, -0.2) is 27.2 Å². The predicted molar refractivity (Wildman–Crippen MR) is 112 cm³/mol. The zero-order chi connectivity index (χ0) is 19.7. The third kappa shape index (κ3) is 3.34. The van der Waals surface area contributed by atoms with Gasteiger partial charge in [-0.3, -0.25) is 0 Å². The molecule has 0 unspecified atom stereocenters. The molecule has 1 N–H and O–H groups in total. The number of ether oxygens (including phenoxy) is 1. The van der Waals surface area contributed by atoms with E-state index in [1.807, 2.05) is 55.6 Å². The van der Waals surface area contributed by atoms with Crippen molar-refractivity contribution in [1.82, 2.24) is 15.0 Å². The van der Waals surface area contributed by atoms with Crippen molar-refractivity contribution in [3.63, 3.8) is 0 Å². The van der Waals surface area contributed by atoms with E-state index in [-0.39, 0.29) is 5.75 Å². The van der Waals surface area contributed by atoms with Gasteiger partial charge < -0.3 is 9.84 Å². The summed E-state index contributed by atoms with van der Waals surface area (Å²) in [5.74, 6) is 1.31. The fourth-order valence-corrected chi connectivity index (χ4v) is 3.75. The van der Waals surface area contributed by atoms with Crippen molar-refractivity contribution in [2.75, 3.05) is 7.11 Å². The van der Waals surface area contributed by atoms with E-state index in [1.54, 1.807) is 30.7 Å². The number of hydrogen-bond donors (Lipinski definition) is 1. The highest BCUT2D eigenvalue weighted by Gasteiger charge is 2.20. The van der Waals surface area contributed by atoms with Crippen LogP contribution in [-0.2, 0) is 0 Å². The predicted octanol–water partition coefficient (Wildman–Crippen LogP) is 5.27. The lowest BCUT2D eigenvalue weighted by molar-refractivity contribution is 0.407. The highest BCUT2D eigenvalue weighted by Crippen LogP contribution is 2.40. The van der Waals surface area contributed by atoms with Crippen molar-refractivity contribution < 1.29 is 9.84 Å². The zero-order valence-corrected chi connectivity index (χ0v) is 16.6. The largest absolute Gasteiger partial charge is 0.507 e. The third-order valence-electron chi connectivity index (χ3n) is 4.48. The molecule has 4 rings (SSSR count). The van der Waals surface area contributed by atoms with E-state index in [4.69, 9.17) is 9.72 Å². The molecule has 0 aliphatic heterocycles. The van der Waals surface area contributed by atoms with Gasteiger partial charge >= 0.3 is 0 Å². The minimum absolute atomic E-state index is 0.114. The van der Waals surface area contributed by atoms with E-state index in [9.17, 15) is 5.11 Å². The van der Waals surface area contributed by atoms with Crippen molar-refractivity contribution in [2.24, 2.45) is 0 Å². The van der Waals surface area contributed by atoms with Gasteiger partial charge in [-0.1, -0.05) is 30.3 Å². The molecule has 6 heteroatoms. The lowest BCUT2D eigenvalue weighted by Crippen LogP contribution is -1.98. The SMILES string of the molecule is COc1cc(C)c(-c2nc(-c3ccccc3)ncc2-c2csc(C)n2)c(O)c1. The van der Waals surface area contributed by atoms with Gasteiger partial charge in [-0.05, 0) is 25.5 Å². The molecule has 2 aromatic carbocycles. The molecular formula is C22H19N3O2S. The Morgan fingerprint density at radius 3 is 2.46 bits per heavy atom. The van der Waals surface area contributed by atoms with Crippen LogP contribution in [0.25, 0.3) is 33.9 Å². The molecule has 0 saturated heterocycles. The Morgan fingerprint density at radius 2 is 1.82 bits per heavy atom. The highest BCUT2D eigenvalue weighted by molar-refractivity contribution is 7.09. The molecule has 0 bridgehead atoms. The summed E-state index contributed by atoms with van der Waals surface area (Å²) < 4.78 is 5.27. The summed E-state index contributed by atoms with van der Waals surface area (Å²) in [4.78, 5) is 14.0. The molecule has 0 fully saturated rings. The number of rotatable bonds is 4. The molecule has 0 aliphatic carbocycles. The van der Waals surface area contributed by atoms with Crippen LogP contribution >= 0.6 is 11.3 Å². The Balaban J connectivity index is 1.98. The molecular weight excluding hydrogens is 370 g/mol. The van der Waals surface area contributed by atoms with E-state index in [1.165, 1.54) is 0 Å². The number of aromatic hydroxyl groups is 1. The number of aryl methyl sites for hydroxylation is 2. The second kappa shape index (κ2) is 7.40. The van der Waals surface area contributed by atoms with E-state index < -0.39 is 0 Å². The molecule has 28 heavy (non-hydrogen) atoms. The summed E-state index contributed by atoms with van der Waals surface area (Å²) in [6, 6.07) is 13.3. The number of methoxy groups -OCH3 is 1. The first-order chi connectivity index (χ1) is 13.6. The molecule has 2 heterocycles. The second-order valence-electron chi connectivity index (χ2n) is 6.41. The molecule has 0 saturated carbocycles. The Kier molecular flexibility index (Phi) is 4.79. The Labute approximate surface area is 167 Å². The van der Waals surface area contributed by atoms with Crippen LogP contribution in [0.4, 0.5) is 0 Å². The van der Waals surface area contributed by atoms with Crippen molar-refractivity contribution in [3.05, 3.63) is 64.6 Å². The van der Waals surface area contributed by atoms with Crippen molar-refractivity contribution in [3.8, 4) is 45.4 Å². The number of phenols is 1. The summed E-state index contributed by atoms with van der Waals surface area (Å²) in [5.41, 5.74) is 4.66. The fraction of sp³-hybridized carbons (Fsp3) is 0.136. The topological polar surface area (TPSA) is 68.1 Å². The lowest BCUT2D eigenvalue weighted by Gasteiger charge is -2.14. The third-order valence-corrected chi connectivity index (χ3v) is 5.25. The maximum absolute atomic E-state index is 10.7. The molecule has 2 aromatic heterocycles. The molecule has 140 valence electrons. The summed E-state index contributed by atoms with van der Waals surface area (Å²) in [6.07, 6.45) is 1.78. The summed E-state index contributed by atoms with van der Waals surface area (Å²) >= 11 is 1.57. The van der Waals surface area contributed by atoms with E-state index in [0.29, 0.717) is 22.8 Å². The van der Waals surface area contributed by atoms with Crippen LogP contribution in [0.1, 0.15) is 10.6 Å². The fourth-order valence-electron chi connectivity index (χ4n) is 3.14. The van der Waals surface area contributed by atoms with Gasteiger partial charge in [0.2, 0.25) is 0 Å². The number of thiazole rings is 1. The average molecular weight is 389 g/mol. The van der Waals surface area contributed by atoms with Crippen LogP contribution in [0.3, 0.4) is 0 Å². The lowest BCUT2D eigenvalue weighted by atomic mass is 9.99. The Morgan fingerprint density at radius 1 is 1.04 bits per heavy atom. The second-order valence-corrected chi connectivity index (χ2v) is 7.47. The molecule has 0 radical (unpaired) electrons. The van der Waals surface area contributed by atoms with Gasteiger partial charge in [0, 0.05) is 34.3 Å². The maximum atomic E-state index is 10.7. The average Bonchev–Trinajstić information content (AvgIpc) is 3.14. The van der Waals surface area contributed by atoms with Crippen molar-refractivity contribution >= 4 is 11.3 Å². The van der Waals surface area contributed by atoms with Crippen LogP contribution < -0.4 is 4.74 Å². The molecule has 0 aliphatic rings. The first-order valence-electron chi connectivity index (χ1n) is 8.79. The monoisotopic (exact) mass is 389 g/mol. The molecule has 0 spiro atoms. The number of phenolic OH excluding ortho intramolecular Hbond substituents is 1. The molecule has 5 nitrogen and oxygen atoms in total. The van der Waals surface area contributed by atoms with E-state index in [0.717, 1.165) is 27.4 Å². The summed E-state index contributed by atoms with van der Waals surface area (Å²) in [5, 5.41) is 13.7. The highest BCUT2D eigenvalue weighted by atomic mass is 32.1. The Hall–Kier alpha value is -3.25. The summed E-state index contributed by atoms with van der Waals surface area (Å²) in [6.45, 7) is 3.89. The van der Waals surface area contributed by atoms with E-state index >= 15 is 0 Å². The van der Waals surface area contributed by atoms with Gasteiger partial charge in [0.15, 0.2) is 5.82 Å². The van der Waals surface area contributed by atoms with Gasteiger partial charge in [-0.15, -0.1) is 11.3 Å². The van der Waals surface area contributed by atoms with Crippen molar-refractivity contribution in [2.45, 2.75) is 13.8 Å². The number of aromatic nitrogens is 3. The smallest absolute Gasteiger partial charge is 0.159 e. The van der Waals surface area contributed by atoms with Gasteiger partial charge in [-0.2, -0.15) is 0 Å². The van der Waals surface area contributed by atoms with Crippen LogP contribution in [0.2, 0.25) is 0 Å². The summed E-state index contributed by atoms with van der Waals surface area (Å²) in [7, 11) is 1.58. The standard InChI is InChI=1S/C22H19N3O2S/c1-13-9-16(27-3)10-19(26)20(13)21-17(18-12-28-14(2)24-18)11-23-22(25-21)15-7-5-4-6-8-15/h4-12,26H,1-3H3. The zero-order valence-electron chi connectivity index (χ0n) is 15.8. The Bertz CT molecular complexity index is 1120.